The van der Waals surface area contributed by atoms with Gasteiger partial charge in [0.2, 0.25) is 5.75 Å². The van der Waals surface area contributed by atoms with Gasteiger partial charge in [-0.05, 0) is 24.3 Å². The Morgan fingerprint density at radius 3 is 2.17 bits per heavy atom. The van der Waals surface area contributed by atoms with Gasteiger partial charge in [0.1, 0.15) is 6.54 Å². The summed E-state index contributed by atoms with van der Waals surface area (Å²) in [6.45, 7) is -0.959. The van der Waals surface area contributed by atoms with E-state index < -0.39 is 30.9 Å². The first kappa shape index (κ1) is 22.8. The van der Waals surface area contributed by atoms with Crippen LogP contribution in [-0.4, -0.2) is 52.3 Å². The Hall–Kier alpha value is -3.46. The average molecular weight is 437 g/mol. The van der Waals surface area contributed by atoms with Gasteiger partial charge >= 0.3 is 5.97 Å². The Bertz CT molecular complexity index is 908. The van der Waals surface area contributed by atoms with Gasteiger partial charge < -0.3 is 29.6 Å². The molecule has 0 spiro atoms. The quantitative estimate of drug-likeness (QED) is 0.580. The lowest BCUT2D eigenvalue weighted by molar-refractivity contribution is -0.146. The van der Waals surface area contributed by atoms with E-state index in [1.807, 2.05) is 0 Å². The molecule has 9 nitrogen and oxygen atoms in total. The molecule has 2 aromatic rings. The molecule has 0 aliphatic heterocycles. The molecule has 0 atom stereocenters. The van der Waals surface area contributed by atoms with Gasteiger partial charge in [-0.2, -0.15) is 0 Å². The fourth-order valence-electron chi connectivity index (χ4n) is 2.41. The van der Waals surface area contributed by atoms with Gasteiger partial charge in [0, 0.05) is 5.56 Å². The highest BCUT2D eigenvalue weighted by molar-refractivity contribution is 6.33. The maximum absolute atomic E-state index is 12.3. The third-order valence-corrected chi connectivity index (χ3v) is 4.16. The number of rotatable bonds is 9. The number of hydrogen-bond donors (Lipinski definition) is 2. The molecular weight excluding hydrogens is 416 g/mol. The molecule has 0 unspecified atom stereocenters. The Kier molecular flexibility index (Phi) is 8.30. The molecule has 0 bridgehead atoms. The molecule has 0 radical (unpaired) electrons. The van der Waals surface area contributed by atoms with Crippen molar-refractivity contribution in [3.8, 4) is 17.2 Å². The number of halogens is 1. The van der Waals surface area contributed by atoms with E-state index in [2.05, 4.69) is 10.6 Å². The van der Waals surface area contributed by atoms with Crippen LogP contribution in [0.3, 0.4) is 0 Å². The second-order valence-corrected chi connectivity index (χ2v) is 6.19. The number of amides is 2. The van der Waals surface area contributed by atoms with Crippen LogP contribution in [0.2, 0.25) is 5.02 Å². The van der Waals surface area contributed by atoms with Gasteiger partial charge in [0.15, 0.2) is 18.1 Å². The molecule has 2 rings (SSSR count). The zero-order valence-electron chi connectivity index (χ0n) is 16.6. The summed E-state index contributed by atoms with van der Waals surface area (Å²) in [6.07, 6.45) is 0. The molecule has 2 aromatic carbocycles. The molecule has 0 aliphatic rings. The lowest BCUT2D eigenvalue weighted by Crippen LogP contribution is -2.32. The molecule has 0 fully saturated rings. The largest absolute Gasteiger partial charge is 0.493 e. The number of benzene rings is 2. The van der Waals surface area contributed by atoms with Crippen molar-refractivity contribution in [1.82, 2.24) is 5.32 Å². The number of hydrogen-bond acceptors (Lipinski definition) is 7. The first-order valence-corrected chi connectivity index (χ1v) is 9.05. The Morgan fingerprint density at radius 2 is 1.60 bits per heavy atom. The van der Waals surface area contributed by atoms with Crippen molar-refractivity contribution < 1.29 is 33.3 Å². The highest BCUT2D eigenvalue weighted by Gasteiger charge is 2.18. The third-order valence-electron chi connectivity index (χ3n) is 3.83. The van der Waals surface area contributed by atoms with Crippen molar-refractivity contribution in [2.24, 2.45) is 0 Å². The molecule has 2 amide bonds. The number of ether oxygens (including phenoxy) is 4. The maximum Gasteiger partial charge on any atom is 0.325 e. The van der Waals surface area contributed by atoms with Crippen molar-refractivity contribution in [3.05, 3.63) is 47.0 Å². The highest BCUT2D eigenvalue weighted by Crippen LogP contribution is 2.38. The molecule has 0 aromatic heterocycles. The number of para-hydroxylation sites is 1. The molecule has 0 heterocycles. The van der Waals surface area contributed by atoms with Crippen LogP contribution in [0.1, 0.15) is 10.4 Å². The minimum atomic E-state index is -0.787. The first-order chi connectivity index (χ1) is 14.4. The van der Waals surface area contributed by atoms with E-state index in [-0.39, 0.29) is 5.56 Å². The second-order valence-electron chi connectivity index (χ2n) is 5.79. The van der Waals surface area contributed by atoms with Crippen molar-refractivity contribution >= 4 is 35.1 Å². The van der Waals surface area contributed by atoms with E-state index in [0.717, 1.165) is 0 Å². The Morgan fingerprint density at radius 1 is 0.967 bits per heavy atom. The predicted molar refractivity (Wildman–Crippen MR) is 109 cm³/mol. The maximum atomic E-state index is 12.3. The summed E-state index contributed by atoms with van der Waals surface area (Å²) >= 11 is 5.94. The van der Waals surface area contributed by atoms with Crippen LogP contribution < -0.4 is 24.8 Å². The van der Waals surface area contributed by atoms with Crippen molar-refractivity contribution in [2.75, 3.05) is 39.8 Å². The van der Waals surface area contributed by atoms with Gasteiger partial charge in [0.25, 0.3) is 11.8 Å². The standard InChI is InChI=1S/C20H21ClN2O7/c1-27-15-8-12(9-16(28-2)19(15)29-3)20(26)22-10-18(25)30-11-17(24)23-14-7-5-4-6-13(14)21/h4-9H,10-11H2,1-3H3,(H,22,26)(H,23,24). The first-order valence-electron chi connectivity index (χ1n) is 8.67. The van der Waals surface area contributed by atoms with Crippen LogP contribution in [0.5, 0.6) is 17.2 Å². The molecule has 2 N–H and O–H groups in total. The number of esters is 1. The van der Waals surface area contributed by atoms with Crippen LogP contribution in [-0.2, 0) is 14.3 Å². The van der Waals surface area contributed by atoms with Gasteiger partial charge in [-0.15, -0.1) is 0 Å². The predicted octanol–water partition coefficient (Wildman–Crippen LogP) is 2.28. The van der Waals surface area contributed by atoms with E-state index in [1.165, 1.54) is 33.5 Å². The van der Waals surface area contributed by atoms with Gasteiger partial charge in [-0.1, -0.05) is 23.7 Å². The van der Waals surface area contributed by atoms with E-state index in [4.69, 9.17) is 30.5 Å². The Balaban J connectivity index is 1.88. The molecule has 0 aliphatic carbocycles. The summed E-state index contributed by atoms with van der Waals surface area (Å²) in [7, 11) is 4.28. The minimum absolute atomic E-state index is 0.189. The molecule has 0 saturated heterocycles. The SMILES string of the molecule is COc1cc(C(=O)NCC(=O)OCC(=O)Nc2ccccc2Cl)cc(OC)c1OC. The lowest BCUT2D eigenvalue weighted by atomic mass is 10.1. The number of anilines is 1. The smallest absolute Gasteiger partial charge is 0.325 e. The monoisotopic (exact) mass is 436 g/mol. The lowest BCUT2D eigenvalue weighted by Gasteiger charge is -2.14. The van der Waals surface area contributed by atoms with E-state index in [0.29, 0.717) is 28.0 Å². The fraction of sp³-hybridized carbons (Fsp3) is 0.250. The summed E-state index contributed by atoms with van der Waals surface area (Å²) in [6, 6.07) is 9.53. The van der Waals surface area contributed by atoms with Gasteiger partial charge in [-0.25, -0.2) is 0 Å². The highest BCUT2D eigenvalue weighted by atomic mass is 35.5. The number of carbonyl (C=O) groups excluding carboxylic acids is 3. The van der Waals surface area contributed by atoms with E-state index in [9.17, 15) is 14.4 Å². The number of methoxy groups -OCH3 is 3. The minimum Gasteiger partial charge on any atom is -0.493 e. The fourth-order valence-corrected chi connectivity index (χ4v) is 2.60. The van der Waals surface area contributed by atoms with E-state index in [1.54, 1.807) is 24.3 Å². The molecule has 10 heteroatoms. The van der Waals surface area contributed by atoms with Crippen LogP contribution in [0.4, 0.5) is 5.69 Å². The van der Waals surface area contributed by atoms with Gasteiger partial charge in [-0.3, -0.25) is 14.4 Å². The summed E-state index contributed by atoms with van der Waals surface area (Å²) < 4.78 is 20.4. The van der Waals surface area contributed by atoms with Crippen molar-refractivity contribution in [2.45, 2.75) is 0 Å². The summed E-state index contributed by atoms with van der Waals surface area (Å²) in [5.41, 5.74) is 0.588. The molecular formula is C20H21ClN2O7. The summed E-state index contributed by atoms with van der Waals surface area (Å²) in [5.74, 6) is -0.994. The van der Waals surface area contributed by atoms with Crippen molar-refractivity contribution in [1.29, 1.82) is 0 Å². The summed E-state index contributed by atoms with van der Waals surface area (Å²) in [5, 5.41) is 5.28. The normalized spacial score (nSPS) is 10.0. The van der Waals surface area contributed by atoms with Crippen LogP contribution in [0.15, 0.2) is 36.4 Å². The van der Waals surface area contributed by atoms with E-state index >= 15 is 0 Å². The summed E-state index contributed by atoms with van der Waals surface area (Å²) in [4.78, 5) is 36.0. The second kappa shape index (κ2) is 10.9. The van der Waals surface area contributed by atoms with Crippen LogP contribution in [0.25, 0.3) is 0 Å². The zero-order valence-corrected chi connectivity index (χ0v) is 17.4. The number of nitrogens with one attached hydrogen (secondary N) is 2. The molecule has 30 heavy (non-hydrogen) atoms. The van der Waals surface area contributed by atoms with Crippen LogP contribution in [0, 0.1) is 0 Å². The molecule has 160 valence electrons. The zero-order chi connectivity index (χ0) is 22.1. The average Bonchev–Trinajstić information content (AvgIpc) is 2.76. The Labute approximate surface area is 178 Å². The van der Waals surface area contributed by atoms with Gasteiger partial charge in [0.05, 0.1) is 32.0 Å². The topological polar surface area (TPSA) is 112 Å². The molecule has 0 saturated carbocycles. The van der Waals surface area contributed by atoms with Crippen molar-refractivity contribution in [3.63, 3.8) is 0 Å². The van der Waals surface area contributed by atoms with Crippen LogP contribution >= 0.6 is 11.6 Å². The third kappa shape index (κ3) is 6.02. The number of carbonyl (C=O) groups is 3.